The van der Waals surface area contributed by atoms with Crippen LogP contribution in [-0.4, -0.2) is 22.2 Å². The van der Waals surface area contributed by atoms with Gasteiger partial charge < -0.3 is 5.32 Å². The fourth-order valence-corrected chi connectivity index (χ4v) is 1.90. The monoisotopic (exact) mass is 231 g/mol. The second-order valence-corrected chi connectivity index (χ2v) is 3.90. The van der Waals surface area contributed by atoms with Gasteiger partial charge in [-0.25, -0.2) is 4.39 Å². The van der Waals surface area contributed by atoms with Crippen LogP contribution in [0.1, 0.15) is 10.5 Å². The van der Waals surface area contributed by atoms with Gasteiger partial charge in [0.1, 0.15) is 11.5 Å². The van der Waals surface area contributed by atoms with Crippen LogP contribution in [0.3, 0.4) is 0 Å². The topological polar surface area (TPSA) is 46.9 Å². The van der Waals surface area contributed by atoms with Crippen LogP contribution < -0.4 is 5.32 Å². The Balaban J connectivity index is 2.05. The van der Waals surface area contributed by atoms with E-state index in [0.29, 0.717) is 24.5 Å². The fourth-order valence-electron chi connectivity index (χ4n) is 1.90. The Bertz CT molecular complexity index is 574. The van der Waals surface area contributed by atoms with Crippen molar-refractivity contribution in [3.05, 3.63) is 41.8 Å². The largest absolute Gasteiger partial charge is 0.349 e. The quantitative estimate of drug-likeness (QED) is 0.807. The zero-order chi connectivity index (χ0) is 11.8. The summed E-state index contributed by atoms with van der Waals surface area (Å²) in [4.78, 5) is 11.6. The maximum absolute atomic E-state index is 12.8. The highest BCUT2D eigenvalue weighted by atomic mass is 19.1. The van der Waals surface area contributed by atoms with E-state index in [1.165, 1.54) is 12.1 Å². The van der Waals surface area contributed by atoms with Crippen molar-refractivity contribution in [2.24, 2.45) is 0 Å². The summed E-state index contributed by atoms with van der Waals surface area (Å²) in [5, 5.41) is 7.09. The van der Waals surface area contributed by atoms with Crippen LogP contribution in [0.2, 0.25) is 0 Å². The van der Waals surface area contributed by atoms with Crippen molar-refractivity contribution in [2.45, 2.75) is 6.54 Å². The normalized spacial score (nSPS) is 14.3. The van der Waals surface area contributed by atoms with Gasteiger partial charge in [-0.1, -0.05) is 0 Å². The first-order chi connectivity index (χ1) is 8.24. The lowest BCUT2D eigenvalue weighted by Gasteiger charge is -2.13. The number of carbonyl (C=O) groups is 1. The number of halogens is 1. The van der Waals surface area contributed by atoms with E-state index in [1.54, 1.807) is 22.9 Å². The molecule has 17 heavy (non-hydrogen) atoms. The molecule has 1 N–H and O–H groups in total. The molecule has 0 fully saturated rings. The minimum Gasteiger partial charge on any atom is -0.349 e. The second-order valence-electron chi connectivity index (χ2n) is 3.90. The predicted octanol–water partition coefficient (Wildman–Crippen LogP) is 1.43. The van der Waals surface area contributed by atoms with Gasteiger partial charge in [-0.2, -0.15) is 5.10 Å². The summed E-state index contributed by atoms with van der Waals surface area (Å²) in [6.07, 6.45) is 0. The Hall–Kier alpha value is -2.17. The summed E-state index contributed by atoms with van der Waals surface area (Å²) in [6, 6.07) is 7.80. The molecule has 1 aliphatic heterocycles. The maximum atomic E-state index is 12.8. The summed E-state index contributed by atoms with van der Waals surface area (Å²) in [7, 11) is 0. The molecule has 0 atom stereocenters. The van der Waals surface area contributed by atoms with Crippen LogP contribution in [0.25, 0.3) is 11.3 Å². The number of nitrogens with one attached hydrogen (secondary N) is 1. The van der Waals surface area contributed by atoms with Crippen LogP contribution in [0.4, 0.5) is 4.39 Å². The van der Waals surface area contributed by atoms with Crippen molar-refractivity contribution < 1.29 is 9.18 Å². The third-order valence-electron chi connectivity index (χ3n) is 2.76. The minimum absolute atomic E-state index is 0.114. The molecule has 4 nitrogen and oxygen atoms in total. The third kappa shape index (κ3) is 1.69. The van der Waals surface area contributed by atoms with Crippen LogP contribution >= 0.6 is 0 Å². The molecule has 0 saturated carbocycles. The Morgan fingerprint density at radius 1 is 1.29 bits per heavy atom. The van der Waals surface area contributed by atoms with Gasteiger partial charge in [-0.3, -0.25) is 9.48 Å². The first-order valence-electron chi connectivity index (χ1n) is 5.36. The Morgan fingerprint density at radius 3 is 2.76 bits per heavy atom. The van der Waals surface area contributed by atoms with Gasteiger partial charge in [0.2, 0.25) is 0 Å². The Labute approximate surface area is 97.1 Å². The van der Waals surface area contributed by atoms with Crippen molar-refractivity contribution in [1.82, 2.24) is 15.1 Å². The molecule has 0 aliphatic carbocycles. The highest BCUT2D eigenvalue weighted by Crippen LogP contribution is 2.20. The van der Waals surface area contributed by atoms with Gasteiger partial charge in [0.25, 0.3) is 5.91 Å². The average Bonchev–Trinajstić information content (AvgIpc) is 2.75. The number of rotatable bonds is 1. The number of fused-ring (bicyclic) bond motifs is 1. The highest BCUT2D eigenvalue weighted by molar-refractivity contribution is 5.94. The lowest BCUT2D eigenvalue weighted by molar-refractivity contribution is 0.0924. The Morgan fingerprint density at radius 2 is 2.06 bits per heavy atom. The van der Waals surface area contributed by atoms with E-state index in [4.69, 9.17) is 0 Å². The number of benzene rings is 1. The molecular weight excluding hydrogens is 221 g/mol. The summed E-state index contributed by atoms with van der Waals surface area (Å²) in [6.45, 7) is 1.26. The molecule has 1 aromatic carbocycles. The van der Waals surface area contributed by atoms with E-state index < -0.39 is 0 Å². The molecule has 2 aromatic rings. The fraction of sp³-hybridized carbons (Fsp3) is 0.167. The molecule has 1 aromatic heterocycles. The molecule has 0 bridgehead atoms. The van der Waals surface area contributed by atoms with Crippen molar-refractivity contribution in [2.75, 3.05) is 6.54 Å². The van der Waals surface area contributed by atoms with Gasteiger partial charge in [-0.15, -0.1) is 0 Å². The van der Waals surface area contributed by atoms with Crippen molar-refractivity contribution in [3.8, 4) is 11.3 Å². The first kappa shape index (κ1) is 10.0. The van der Waals surface area contributed by atoms with E-state index in [-0.39, 0.29) is 11.7 Å². The number of nitrogens with zero attached hydrogens (tertiary/aromatic N) is 2. The molecule has 3 rings (SSSR count). The minimum atomic E-state index is -0.282. The van der Waals surface area contributed by atoms with Gasteiger partial charge in [-0.05, 0) is 30.3 Å². The lowest BCUT2D eigenvalue weighted by atomic mass is 10.1. The lowest BCUT2D eigenvalue weighted by Crippen LogP contribution is -2.35. The van der Waals surface area contributed by atoms with Crippen molar-refractivity contribution >= 4 is 5.91 Å². The summed E-state index contributed by atoms with van der Waals surface area (Å²) >= 11 is 0. The highest BCUT2D eigenvalue weighted by Gasteiger charge is 2.19. The summed E-state index contributed by atoms with van der Waals surface area (Å²) in [5.74, 6) is -0.396. The molecule has 0 unspecified atom stereocenters. The molecule has 86 valence electrons. The Kier molecular flexibility index (Phi) is 2.18. The van der Waals surface area contributed by atoms with E-state index >= 15 is 0 Å². The third-order valence-corrected chi connectivity index (χ3v) is 2.76. The van der Waals surface area contributed by atoms with E-state index in [1.807, 2.05) is 0 Å². The van der Waals surface area contributed by atoms with E-state index in [2.05, 4.69) is 10.4 Å². The van der Waals surface area contributed by atoms with E-state index in [9.17, 15) is 9.18 Å². The standard InChI is InChI=1S/C12H10FN3O/c13-9-3-1-8(2-4-9)10-7-11-12(17)14-5-6-16(11)15-10/h1-4,7H,5-6H2,(H,14,17). The average molecular weight is 231 g/mol. The van der Waals surface area contributed by atoms with Crippen molar-refractivity contribution in [1.29, 1.82) is 0 Å². The van der Waals surface area contributed by atoms with Gasteiger partial charge in [0, 0.05) is 12.1 Å². The van der Waals surface area contributed by atoms with Crippen LogP contribution in [0.15, 0.2) is 30.3 Å². The zero-order valence-electron chi connectivity index (χ0n) is 8.98. The summed E-state index contributed by atoms with van der Waals surface area (Å²) in [5.41, 5.74) is 2.05. The molecule has 0 spiro atoms. The van der Waals surface area contributed by atoms with Crippen molar-refractivity contribution in [3.63, 3.8) is 0 Å². The molecule has 5 heteroatoms. The smallest absolute Gasteiger partial charge is 0.269 e. The van der Waals surface area contributed by atoms with Gasteiger partial charge in [0.05, 0.1) is 12.2 Å². The second kappa shape index (κ2) is 3.69. The number of aromatic nitrogens is 2. The first-order valence-corrected chi connectivity index (χ1v) is 5.36. The number of hydrogen-bond donors (Lipinski definition) is 1. The maximum Gasteiger partial charge on any atom is 0.269 e. The zero-order valence-corrected chi connectivity index (χ0v) is 8.98. The predicted molar refractivity (Wildman–Crippen MR) is 60.0 cm³/mol. The van der Waals surface area contributed by atoms with E-state index in [0.717, 1.165) is 5.56 Å². The number of amides is 1. The molecule has 2 heterocycles. The van der Waals surface area contributed by atoms with Crippen LogP contribution in [-0.2, 0) is 6.54 Å². The molecule has 1 aliphatic rings. The molecule has 0 saturated heterocycles. The number of carbonyl (C=O) groups excluding carboxylic acids is 1. The number of hydrogen-bond acceptors (Lipinski definition) is 2. The molecular formula is C12H10FN3O. The molecule has 0 radical (unpaired) electrons. The SMILES string of the molecule is O=C1NCCn2nc(-c3ccc(F)cc3)cc21. The summed E-state index contributed by atoms with van der Waals surface area (Å²) < 4.78 is 14.5. The molecule has 1 amide bonds. The van der Waals surface area contributed by atoms with Crippen LogP contribution in [0, 0.1) is 5.82 Å². The van der Waals surface area contributed by atoms with Gasteiger partial charge in [0.15, 0.2) is 0 Å². The van der Waals surface area contributed by atoms with Crippen LogP contribution in [0.5, 0.6) is 0 Å². The van der Waals surface area contributed by atoms with Gasteiger partial charge >= 0.3 is 0 Å².